The molecule has 79 heavy (non-hydrogen) atoms. The number of benzene rings is 6. The number of aliphatic hydroxyl groups excluding tert-OH is 2. The fraction of sp³-hybridized carbons (Fsp3) is 0.231. The molecule has 3 unspecified atom stereocenters. The minimum absolute atomic E-state index is 0.0732. The molecular weight excluding hydrogens is 1060 g/mol. The number of carbonyl (C=O) groups excluding carboxylic acids is 1. The fourth-order valence-electron chi connectivity index (χ4n) is 7.15. The number of hydrogen-bond donors (Lipinski definition) is 3. The van der Waals surface area contributed by atoms with E-state index < -0.39 is 6.10 Å². The van der Waals surface area contributed by atoms with E-state index in [1.807, 2.05) is 146 Å². The number of ether oxygens (including phenoxy) is 4. The van der Waals surface area contributed by atoms with Gasteiger partial charge in [0.2, 0.25) is 0 Å². The van der Waals surface area contributed by atoms with E-state index in [9.17, 15) is 9.90 Å². The summed E-state index contributed by atoms with van der Waals surface area (Å²) in [6.45, 7) is 18.3. The molecule has 2 fully saturated rings. The molecule has 6 aromatic carbocycles. The molecule has 2 aromatic heterocycles. The number of methoxy groups -OCH3 is 2. The zero-order valence-electron chi connectivity index (χ0n) is 44.9. The molecule has 3 atom stereocenters. The summed E-state index contributed by atoms with van der Waals surface area (Å²) in [4.78, 5) is 24.7. The van der Waals surface area contributed by atoms with Crippen LogP contribution in [-0.2, 0) is 25.5 Å². The van der Waals surface area contributed by atoms with E-state index >= 15 is 0 Å². The molecule has 13 nitrogen and oxygen atoms in total. The van der Waals surface area contributed by atoms with Crippen LogP contribution in [0.1, 0.15) is 99.1 Å². The SMILES string of the molecule is C1CCOC1.C1CCOC1.CO.COC(c1ccc(CN)cc1)c1ccccn1.N#Cc1ccc(Br)cc1.O=Cc1ccccn1.[C-]#[N+]c1ccc(C(O)c2ccccc2)cc1.[C-]#[N+]c1ccc(C(OC)c2ccccc2)cc1. The molecule has 2 aliphatic heterocycles. The van der Waals surface area contributed by atoms with Crippen molar-refractivity contribution in [3.8, 4) is 6.07 Å². The van der Waals surface area contributed by atoms with Crippen molar-refractivity contribution in [2.24, 2.45) is 5.73 Å². The van der Waals surface area contributed by atoms with Crippen molar-refractivity contribution in [1.82, 2.24) is 9.97 Å². The van der Waals surface area contributed by atoms with Crippen molar-refractivity contribution in [3.05, 3.63) is 284 Å². The number of aliphatic hydroxyl groups is 2. The Morgan fingerprint density at radius 1 is 0.595 bits per heavy atom. The summed E-state index contributed by atoms with van der Waals surface area (Å²) in [5.41, 5.74) is 14.9. The Balaban J connectivity index is 0.000000251. The number of carbonyl (C=O) groups is 1. The van der Waals surface area contributed by atoms with E-state index in [0.29, 0.717) is 29.2 Å². The molecule has 4 N–H and O–H groups in total. The van der Waals surface area contributed by atoms with Gasteiger partial charge in [-0.25, -0.2) is 9.69 Å². The number of aldehydes is 1. The number of nitrogens with two attached hydrogens (primary N) is 1. The first-order valence-electron chi connectivity index (χ1n) is 25.4. The van der Waals surface area contributed by atoms with Crippen LogP contribution in [0.2, 0.25) is 0 Å². The first kappa shape index (κ1) is 65.2. The van der Waals surface area contributed by atoms with Crippen LogP contribution in [0.15, 0.2) is 211 Å². The van der Waals surface area contributed by atoms with Gasteiger partial charge in [-0.05, 0) is 108 Å². The number of halogens is 1. The van der Waals surface area contributed by atoms with Gasteiger partial charge < -0.3 is 34.9 Å². The third-order valence-electron chi connectivity index (χ3n) is 11.3. The first-order chi connectivity index (χ1) is 38.8. The minimum atomic E-state index is -0.624. The zero-order chi connectivity index (χ0) is 57.1. The molecule has 10 rings (SSSR count). The smallest absolute Gasteiger partial charge is 0.187 e. The highest BCUT2D eigenvalue weighted by atomic mass is 79.9. The Labute approximate surface area is 474 Å². The first-order valence-corrected chi connectivity index (χ1v) is 26.2. The zero-order valence-corrected chi connectivity index (χ0v) is 46.5. The molecule has 0 radical (unpaired) electrons. The lowest BCUT2D eigenvalue weighted by Crippen LogP contribution is -2.06. The van der Waals surface area contributed by atoms with Crippen LogP contribution in [0.5, 0.6) is 0 Å². The summed E-state index contributed by atoms with van der Waals surface area (Å²) < 4.78 is 21.9. The van der Waals surface area contributed by atoms with E-state index in [0.717, 1.165) is 83.4 Å². The monoisotopic (exact) mass is 1120 g/mol. The van der Waals surface area contributed by atoms with Crippen molar-refractivity contribution in [2.75, 3.05) is 47.8 Å². The van der Waals surface area contributed by atoms with Gasteiger partial charge in [0, 0.05) is 71.2 Å². The van der Waals surface area contributed by atoms with Gasteiger partial charge in [0.25, 0.3) is 0 Å². The number of nitrogens with zero attached hydrogens (tertiary/aromatic N) is 5. The fourth-order valence-corrected chi connectivity index (χ4v) is 7.42. The van der Waals surface area contributed by atoms with Crippen molar-refractivity contribution >= 4 is 33.6 Å². The quantitative estimate of drug-likeness (QED) is 0.0876. The van der Waals surface area contributed by atoms with Gasteiger partial charge in [0.05, 0.1) is 30.5 Å². The highest BCUT2D eigenvalue weighted by molar-refractivity contribution is 9.10. The second kappa shape index (κ2) is 41.1. The lowest BCUT2D eigenvalue weighted by atomic mass is 10.0. The molecule has 0 amide bonds. The van der Waals surface area contributed by atoms with E-state index in [1.165, 1.54) is 25.7 Å². The molecule has 0 spiro atoms. The van der Waals surface area contributed by atoms with Gasteiger partial charge >= 0.3 is 0 Å². The van der Waals surface area contributed by atoms with Crippen molar-refractivity contribution in [2.45, 2.75) is 50.5 Å². The molecule has 4 heterocycles. The second-order valence-electron chi connectivity index (χ2n) is 16.7. The molecule has 0 bridgehead atoms. The number of hydrogen-bond acceptors (Lipinski definition) is 11. The maximum absolute atomic E-state index is 10.1. The van der Waals surface area contributed by atoms with Gasteiger partial charge in [0.15, 0.2) is 17.7 Å². The van der Waals surface area contributed by atoms with E-state index in [2.05, 4.69) is 35.6 Å². The Bertz CT molecular complexity index is 2910. The van der Waals surface area contributed by atoms with Crippen molar-refractivity contribution in [3.63, 3.8) is 0 Å². The van der Waals surface area contributed by atoms with Gasteiger partial charge in [0.1, 0.15) is 24.0 Å². The topological polar surface area (TPSA) is 179 Å². The molecule has 8 aromatic rings. The summed E-state index contributed by atoms with van der Waals surface area (Å²) in [5.74, 6) is 0. The van der Waals surface area contributed by atoms with Crippen molar-refractivity contribution < 1.29 is 34.0 Å². The van der Waals surface area contributed by atoms with E-state index in [-0.39, 0.29) is 12.2 Å². The van der Waals surface area contributed by atoms with Gasteiger partial charge in [-0.15, -0.1) is 0 Å². The molecule has 2 saturated heterocycles. The normalized spacial score (nSPS) is 12.5. The lowest BCUT2D eigenvalue weighted by Gasteiger charge is -2.16. The van der Waals surface area contributed by atoms with E-state index in [4.69, 9.17) is 48.2 Å². The summed E-state index contributed by atoms with van der Waals surface area (Å²) in [7, 11) is 4.39. The molecule has 14 heteroatoms. The Hall–Kier alpha value is -8.04. The Morgan fingerprint density at radius 2 is 1.01 bits per heavy atom. The largest absolute Gasteiger partial charge is 0.400 e. The average Bonchev–Trinajstić information content (AvgIpc) is 4.35. The van der Waals surface area contributed by atoms with Crippen molar-refractivity contribution in [1.29, 1.82) is 5.26 Å². The summed E-state index contributed by atoms with van der Waals surface area (Å²) in [6, 6.07) is 62.4. The van der Waals surface area contributed by atoms with Crippen LogP contribution in [0.25, 0.3) is 9.69 Å². The maximum atomic E-state index is 10.1. The van der Waals surface area contributed by atoms with Crippen LogP contribution in [0, 0.1) is 24.5 Å². The molecule has 0 aliphatic carbocycles. The summed E-state index contributed by atoms with van der Waals surface area (Å²) >= 11 is 3.27. The number of nitriles is 1. The molecule has 2 aliphatic rings. The van der Waals surface area contributed by atoms with E-state index in [1.54, 1.807) is 81.2 Å². The lowest BCUT2D eigenvalue weighted by molar-refractivity contribution is 0.111. The van der Waals surface area contributed by atoms with Gasteiger partial charge in [-0.3, -0.25) is 14.8 Å². The average molecular weight is 1130 g/mol. The van der Waals surface area contributed by atoms with Crippen LogP contribution >= 0.6 is 15.9 Å². The molecule has 408 valence electrons. The predicted octanol–water partition coefficient (Wildman–Crippen LogP) is 14.0. The Kier molecular flexibility index (Phi) is 34.0. The number of pyridine rings is 2. The van der Waals surface area contributed by atoms with Crippen LogP contribution < -0.4 is 5.73 Å². The Morgan fingerprint density at radius 3 is 1.39 bits per heavy atom. The summed E-state index contributed by atoms with van der Waals surface area (Å²) in [6.07, 6.45) is 8.37. The maximum Gasteiger partial charge on any atom is 0.187 e. The number of rotatable bonds is 10. The standard InChI is InChI=1S/C15H13NO.C14H16N2O.C14H11NO.C7H4BrN.C6H5NO.2C4H8O.CH4O/c1-16-14-10-8-13(9-11-14)15(17-2)12-6-4-3-5-7-12;1-17-14(13-4-2-3-9-16-13)12-7-5-11(10-15)6-8-12;1-15-13-9-7-12(8-10-13)14(16)11-5-3-2-4-6-11;8-7-3-1-6(5-9)2-4-7;8-5-6-3-1-2-4-7-6;2*1-2-4-5-3-1;1-2/h3-11,15H,2H3;2-9,14H,10,15H2,1H3;2-10,14,16H;1-4H;1-5H;2*1-4H2;2H,1H3. The van der Waals surface area contributed by atoms with Gasteiger partial charge in [-0.2, -0.15) is 5.26 Å². The van der Waals surface area contributed by atoms with Crippen LogP contribution in [0.4, 0.5) is 11.4 Å². The van der Waals surface area contributed by atoms with Crippen LogP contribution in [0.3, 0.4) is 0 Å². The van der Waals surface area contributed by atoms with Gasteiger partial charge in [-0.1, -0.05) is 162 Å². The molecular formula is C65H69BrN6O7. The highest BCUT2D eigenvalue weighted by Gasteiger charge is 2.15. The number of aromatic nitrogens is 2. The predicted molar refractivity (Wildman–Crippen MR) is 315 cm³/mol. The molecule has 0 saturated carbocycles. The minimum Gasteiger partial charge on any atom is -0.400 e. The summed E-state index contributed by atoms with van der Waals surface area (Å²) in [5, 5.41) is 25.4. The third-order valence-corrected chi connectivity index (χ3v) is 11.8. The third kappa shape index (κ3) is 25.8. The van der Waals surface area contributed by atoms with Crippen LogP contribution in [-0.4, -0.2) is 74.2 Å². The highest BCUT2D eigenvalue weighted by Crippen LogP contribution is 2.28. The second-order valence-corrected chi connectivity index (χ2v) is 17.6.